The Morgan fingerprint density at radius 1 is 0.771 bits per heavy atom. The average Bonchev–Trinajstić information content (AvgIpc) is 2.83. The molecule has 0 bridgehead atoms. The van der Waals surface area contributed by atoms with Crippen LogP contribution in [0.3, 0.4) is 0 Å². The van der Waals surface area contributed by atoms with Crippen LogP contribution in [0.15, 0.2) is 91.0 Å². The molecular weight excluding hydrogens is 475 g/mol. The standard InChI is InChI=1S/C29H36N2O2P.ClH/c1-28(2)21-14-22-29(3,4)31(28)30(33)27(32)23-34(24-15-8-5-9-16-24,25-17-10-6-11-18-25)26-19-12-7-13-20-26;/h5-13,15-20,33H,14,21-23H2,1-4H3;1H/q+1;/p-1. The summed E-state index contributed by atoms with van der Waals surface area (Å²) in [4.78, 5) is 14.0. The molecule has 0 radical (unpaired) electrons. The fourth-order valence-electron chi connectivity index (χ4n) is 5.64. The highest BCUT2D eigenvalue weighted by Gasteiger charge is 2.51. The number of hydrogen-bond donors (Lipinski definition) is 1. The molecule has 0 spiro atoms. The van der Waals surface area contributed by atoms with E-state index in [9.17, 15) is 10.0 Å². The molecule has 0 aliphatic carbocycles. The molecule has 1 amide bonds. The minimum atomic E-state index is -2.38. The Balaban J connectivity index is 0.00000342. The minimum absolute atomic E-state index is 0. The van der Waals surface area contributed by atoms with Gasteiger partial charge in [-0.1, -0.05) is 54.6 Å². The maximum absolute atomic E-state index is 14.0. The number of carbonyl (C=O) groups is 1. The van der Waals surface area contributed by atoms with Crippen LogP contribution in [0.2, 0.25) is 0 Å². The Bertz CT molecular complexity index is 995. The fraction of sp³-hybridized carbons (Fsp3) is 0.345. The lowest BCUT2D eigenvalue weighted by molar-refractivity contribution is -0.300. The Morgan fingerprint density at radius 2 is 1.11 bits per heavy atom. The highest BCUT2D eigenvalue weighted by Crippen LogP contribution is 2.55. The molecule has 1 saturated heterocycles. The van der Waals surface area contributed by atoms with E-state index in [1.165, 1.54) is 0 Å². The Morgan fingerprint density at radius 3 is 1.46 bits per heavy atom. The summed E-state index contributed by atoms with van der Waals surface area (Å²) in [6.45, 7) is 8.44. The highest BCUT2D eigenvalue weighted by atomic mass is 35.5. The largest absolute Gasteiger partial charge is 1.00 e. The zero-order chi connectivity index (χ0) is 24.4. The summed E-state index contributed by atoms with van der Waals surface area (Å²) in [5.41, 5.74) is -0.640. The number of nitrogens with zero attached hydrogens (tertiary/aromatic N) is 2. The monoisotopic (exact) mass is 510 g/mol. The molecule has 4 rings (SSSR count). The van der Waals surface area contributed by atoms with Crippen LogP contribution in [-0.2, 0) is 4.79 Å². The Hall–Kier alpha value is -2.23. The zero-order valence-electron chi connectivity index (χ0n) is 21.1. The first-order chi connectivity index (χ1) is 16.2. The second kappa shape index (κ2) is 10.8. The summed E-state index contributed by atoms with van der Waals surface area (Å²) in [7, 11) is -2.38. The highest BCUT2D eigenvalue weighted by molar-refractivity contribution is 7.96. The van der Waals surface area contributed by atoms with E-state index in [4.69, 9.17) is 0 Å². The number of halogens is 1. The first-order valence-corrected chi connectivity index (χ1v) is 14.0. The molecule has 0 saturated carbocycles. The van der Waals surface area contributed by atoms with E-state index in [-0.39, 0.29) is 35.6 Å². The summed E-state index contributed by atoms with van der Waals surface area (Å²) >= 11 is 0. The first kappa shape index (κ1) is 27.4. The lowest BCUT2D eigenvalue weighted by atomic mass is 9.81. The van der Waals surface area contributed by atoms with Crippen molar-refractivity contribution in [3.8, 4) is 0 Å². The van der Waals surface area contributed by atoms with Crippen LogP contribution >= 0.6 is 7.26 Å². The van der Waals surface area contributed by atoms with Gasteiger partial charge >= 0.3 is 0 Å². The van der Waals surface area contributed by atoms with Crippen molar-refractivity contribution in [1.29, 1.82) is 0 Å². The van der Waals surface area contributed by atoms with Crippen LogP contribution < -0.4 is 28.3 Å². The number of hydrazine groups is 1. The molecule has 1 N–H and O–H groups in total. The molecule has 6 heteroatoms. The van der Waals surface area contributed by atoms with Gasteiger partial charge in [0, 0.05) is 11.1 Å². The summed E-state index contributed by atoms with van der Waals surface area (Å²) < 4.78 is 0. The van der Waals surface area contributed by atoms with Gasteiger partial charge in [-0.3, -0.25) is 10.0 Å². The van der Waals surface area contributed by atoms with Crippen molar-refractivity contribution in [3.05, 3.63) is 91.0 Å². The van der Waals surface area contributed by atoms with Crippen molar-refractivity contribution >= 4 is 29.1 Å². The van der Waals surface area contributed by atoms with Crippen molar-refractivity contribution in [1.82, 2.24) is 10.2 Å². The molecule has 0 atom stereocenters. The number of carbonyl (C=O) groups excluding carboxylic acids is 1. The van der Waals surface area contributed by atoms with E-state index in [2.05, 4.69) is 64.1 Å². The molecule has 186 valence electrons. The van der Waals surface area contributed by atoms with E-state index in [0.29, 0.717) is 0 Å². The van der Waals surface area contributed by atoms with E-state index in [1.807, 2.05) is 59.6 Å². The third kappa shape index (κ3) is 5.32. The molecule has 0 unspecified atom stereocenters. The Kier molecular flexibility index (Phi) is 8.44. The third-order valence-electron chi connectivity index (χ3n) is 7.10. The molecule has 1 fully saturated rings. The van der Waals surface area contributed by atoms with E-state index in [0.717, 1.165) is 40.3 Å². The summed E-state index contributed by atoms with van der Waals surface area (Å²) in [6.07, 6.45) is 3.14. The molecule has 1 aliphatic rings. The molecule has 35 heavy (non-hydrogen) atoms. The predicted molar refractivity (Wildman–Crippen MR) is 142 cm³/mol. The van der Waals surface area contributed by atoms with Gasteiger partial charge in [-0.05, 0) is 83.4 Å². The zero-order valence-corrected chi connectivity index (χ0v) is 22.7. The summed E-state index contributed by atoms with van der Waals surface area (Å²) in [6, 6.07) is 31.0. The van der Waals surface area contributed by atoms with Crippen LogP contribution in [0.5, 0.6) is 0 Å². The normalized spacial score (nSPS) is 17.3. The SMILES string of the molecule is CC1(C)CCCC(C)(C)N1N(O)C(=O)C[P+](c1ccccc1)(c1ccccc1)c1ccccc1.[Cl-]. The van der Waals surface area contributed by atoms with Gasteiger partial charge in [0.05, 0.1) is 0 Å². The first-order valence-electron chi connectivity index (χ1n) is 12.1. The molecule has 4 nitrogen and oxygen atoms in total. The van der Waals surface area contributed by atoms with Crippen molar-refractivity contribution < 1.29 is 22.4 Å². The maximum Gasteiger partial charge on any atom is 0.300 e. The van der Waals surface area contributed by atoms with Gasteiger partial charge in [-0.2, -0.15) is 5.01 Å². The van der Waals surface area contributed by atoms with E-state index in [1.54, 1.807) is 0 Å². The molecular formula is C29H36ClN2O2P. The lowest BCUT2D eigenvalue weighted by Gasteiger charge is -2.54. The molecule has 3 aromatic rings. The molecule has 3 aromatic carbocycles. The Labute approximate surface area is 216 Å². The van der Waals surface area contributed by atoms with Crippen LogP contribution in [0.1, 0.15) is 47.0 Å². The van der Waals surface area contributed by atoms with Gasteiger partial charge in [0.15, 0.2) is 6.16 Å². The number of hydrogen-bond acceptors (Lipinski definition) is 3. The van der Waals surface area contributed by atoms with E-state index < -0.39 is 7.26 Å². The van der Waals surface area contributed by atoms with Crippen molar-refractivity contribution in [2.75, 3.05) is 6.16 Å². The minimum Gasteiger partial charge on any atom is -1.00 e. The van der Waals surface area contributed by atoms with Crippen LogP contribution in [-0.4, -0.2) is 38.5 Å². The van der Waals surface area contributed by atoms with Gasteiger partial charge in [0.25, 0.3) is 5.91 Å². The average molecular weight is 511 g/mol. The van der Waals surface area contributed by atoms with Gasteiger partial charge in [-0.25, -0.2) is 0 Å². The second-order valence-corrected chi connectivity index (χ2v) is 13.9. The van der Waals surface area contributed by atoms with E-state index >= 15 is 0 Å². The second-order valence-electron chi connectivity index (χ2n) is 10.4. The quantitative estimate of drug-likeness (QED) is 0.314. The molecule has 1 heterocycles. The number of amides is 1. The van der Waals surface area contributed by atoms with Crippen LogP contribution in [0.25, 0.3) is 0 Å². The molecule has 1 aliphatic heterocycles. The van der Waals surface area contributed by atoms with Crippen molar-refractivity contribution in [2.45, 2.75) is 58.0 Å². The van der Waals surface area contributed by atoms with Crippen LogP contribution in [0.4, 0.5) is 0 Å². The number of rotatable bonds is 6. The van der Waals surface area contributed by atoms with Gasteiger partial charge in [-0.15, -0.1) is 5.17 Å². The summed E-state index contributed by atoms with van der Waals surface area (Å²) in [5, 5.41) is 17.7. The van der Waals surface area contributed by atoms with Crippen LogP contribution in [0, 0.1) is 0 Å². The number of hydroxylamine groups is 1. The fourth-order valence-corrected chi connectivity index (χ4v) is 9.66. The predicted octanol–water partition coefficient (Wildman–Crippen LogP) is 2.16. The number of benzene rings is 3. The third-order valence-corrected chi connectivity index (χ3v) is 11.4. The topological polar surface area (TPSA) is 43.8 Å². The maximum atomic E-state index is 14.0. The lowest BCUT2D eigenvalue weighted by Crippen LogP contribution is -3.00. The number of piperidine rings is 1. The van der Waals surface area contributed by atoms with Gasteiger partial charge in [0.2, 0.25) is 0 Å². The molecule has 0 aromatic heterocycles. The summed E-state index contributed by atoms with van der Waals surface area (Å²) in [5.74, 6) is -0.270. The smallest absolute Gasteiger partial charge is 0.300 e. The van der Waals surface area contributed by atoms with Gasteiger partial charge < -0.3 is 12.4 Å². The van der Waals surface area contributed by atoms with Gasteiger partial charge in [0.1, 0.15) is 23.2 Å². The van der Waals surface area contributed by atoms with Crippen molar-refractivity contribution in [2.24, 2.45) is 0 Å². The van der Waals surface area contributed by atoms with Crippen molar-refractivity contribution in [3.63, 3.8) is 0 Å².